The monoisotopic (exact) mass is 861 g/mol. The highest BCUT2D eigenvalue weighted by Gasteiger charge is 2.16. The zero-order valence-corrected chi connectivity index (χ0v) is 41.5. The quantitative estimate of drug-likeness (QED) is 0.0375. The Balaban J connectivity index is 3.39. The van der Waals surface area contributed by atoms with Gasteiger partial charge in [-0.15, -0.1) is 0 Å². The largest absolute Gasteiger partial charge is 0.462 e. The average molecular weight is 861 g/mol. The molecule has 0 aromatic rings. The van der Waals surface area contributed by atoms with E-state index in [-0.39, 0.29) is 25.2 Å². The molecule has 1 N–H and O–H groups in total. The third-order valence-corrected chi connectivity index (χ3v) is 12.8. The number of carbonyl (C=O) groups excluding carboxylic acids is 2. The summed E-state index contributed by atoms with van der Waals surface area (Å²) >= 11 is 0. The van der Waals surface area contributed by atoms with Crippen LogP contribution in [0.3, 0.4) is 0 Å². The molecule has 0 rings (SSSR count). The van der Waals surface area contributed by atoms with E-state index in [4.69, 9.17) is 9.47 Å². The lowest BCUT2D eigenvalue weighted by molar-refractivity contribution is -0.161. The van der Waals surface area contributed by atoms with E-state index < -0.39 is 6.10 Å². The second-order valence-electron chi connectivity index (χ2n) is 19.0. The van der Waals surface area contributed by atoms with Crippen LogP contribution in [-0.2, 0) is 19.1 Å². The molecule has 362 valence electrons. The van der Waals surface area contributed by atoms with E-state index >= 15 is 0 Å². The molecule has 0 saturated heterocycles. The van der Waals surface area contributed by atoms with E-state index in [1.165, 1.54) is 257 Å². The van der Waals surface area contributed by atoms with Gasteiger partial charge in [-0.3, -0.25) is 9.59 Å². The lowest BCUT2D eigenvalue weighted by Crippen LogP contribution is -2.28. The minimum absolute atomic E-state index is 0.0574. The minimum atomic E-state index is -0.765. The number of aliphatic hydroxyl groups is 1. The number of esters is 2. The minimum Gasteiger partial charge on any atom is -0.462 e. The highest BCUT2D eigenvalue weighted by atomic mass is 16.6. The Bertz CT molecular complexity index is 886. The van der Waals surface area contributed by atoms with Crippen LogP contribution in [0.4, 0.5) is 0 Å². The summed E-state index contributed by atoms with van der Waals surface area (Å²) in [6.45, 7) is 4.19. The normalized spacial score (nSPS) is 12.1. The maximum atomic E-state index is 12.3. The zero-order chi connectivity index (χ0) is 44.2. The number of aliphatic hydroxyl groups excluding tert-OH is 1. The van der Waals surface area contributed by atoms with Crippen LogP contribution in [-0.4, -0.2) is 36.4 Å². The number of hydrogen-bond acceptors (Lipinski definition) is 5. The van der Waals surface area contributed by atoms with Crippen molar-refractivity contribution in [1.29, 1.82) is 0 Å². The van der Waals surface area contributed by atoms with E-state index in [2.05, 4.69) is 26.0 Å². The molecule has 0 spiro atoms. The topological polar surface area (TPSA) is 72.8 Å². The first-order valence-electron chi connectivity index (χ1n) is 27.7. The van der Waals surface area contributed by atoms with Crippen molar-refractivity contribution < 1.29 is 24.2 Å². The molecular formula is C56H108O5. The fourth-order valence-corrected chi connectivity index (χ4v) is 8.61. The van der Waals surface area contributed by atoms with Gasteiger partial charge < -0.3 is 14.6 Å². The van der Waals surface area contributed by atoms with Crippen LogP contribution in [0.1, 0.15) is 316 Å². The molecule has 0 radical (unpaired) electrons. The molecule has 0 aliphatic heterocycles. The van der Waals surface area contributed by atoms with Gasteiger partial charge in [0, 0.05) is 12.8 Å². The van der Waals surface area contributed by atoms with Gasteiger partial charge >= 0.3 is 11.9 Å². The van der Waals surface area contributed by atoms with Crippen molar-refractivity contribution in [2.24, 2.45) is 0 Å². The standard InChI is InChI=1S/C56H108O5/c1-3-5-7-9-11-13-15-17-19-21-22-23-24-25-26-27-28-29-30-31-32-33-34-35-37-39-41-43-45-47-49-51-56(59)61-54(52-57)53-60-55(58)50-48-46-44-42-40-38-36-20-18-16-14-12-10-8-6-4-2/h21-22,54,57H,3-20,23-53H2,1-2H3/b22-21-. The summed E-state index contributed by atoms with van der Waals surface area (Å²) in [5.41, 5.74) is 0. The maximum Gasteiger partial charge on any atom is 0.306 e. The molecule has 1 unspecified atom stereocenters. The predicted molar refractivity (Wildman–Crippen MR) is 265 cm³/mol. The van der Waals surface area contributed by atoms with Gasteiger partial charge in [0.2, 0.25) is 0 Å². The summed E-state index contributed by atoms with van der Waals surface area (Å²) in [5, 5.41) is 9.63. The van der Waals surface area contributed by atoms with Gasteiger partial charge in [0.05, 0.1) is 6.61 Å². The highest BCUT2D eigenvalue weighted by molar-refractivity contribution is 5.70. The van der Waals surface area contributed by atoms with E-state index in [9.17, 15) is 14.7 Å². The van der Waals surface area contributed by atoms with Crippen molar-refractivity contribution in [3.63, 3.8) is 0 Å². The summed E-state index contributed by atoms with van der Waals surface area (Å²) in [4.78, 5) is 24.5. The summed E-state index contributed by atoms with van der Waals surface area (Å²) < 4.78 is 10.7. The Morgan fingerprint density at radius 2 is 0.607 bits per heavy atom. The fraction of sp³-hybridized carbons (Fsp3) is 0.929. The molecule has 5 nitrogen and oxygen atoms in total. The second kappa shape index (κ2) is 53.0. The Morgan fingerprint density at radius 3 is 0.885 bits per heavy atom. The smallest absolute Gasteiger partial charge is 0.306 e. The Morgan fingerprint density at radius 1 is 0.361 bits per heavy atom. The second-order valence-corrected chi connectivity index (χ2v) is 19.0. The fourth-order valence-electron chi connectivity index (χ4n) is 8.61. The number of allylic oxidation sites excluding steroid dienone is 2. The molecular weight excluding hydrogens is 753 g/mol. The van der Waals surface area contributed by atoms with Crippen LogP contribution in [0.2, 0.25) is 0 Å². The third kappa shape index (κ3) is 51.2. The molecule has 5 heteroatoms. The van der Waals surface area contributed by atoms with Gasteiger partial charge in [-0.1, -0.05) is 276 Å². The van der Waals surface area contributed by atoms with E-state index in [1.54, 1.807) is 0 Å². The van der Waals surface area contributed by atoms with E-state index in [0.29, 0.717) is 12.8 Å². The van der Waals surface area contributed by atoms with Crippen molar-refractivity contribution in [2.45, 2.75) is 322 Å². The number of ether oxygens (including phenoxy) is 2. The molecule has 0 bridgehead atoms. The van der Waals surface area contributed by atoms with Crippen LogP contribution < -0.4 is 0 Å². The lowest BCUT2D eigenvalue weighted by atomic mass is 10.0. The number of rotatable bonds is 52. The van der Waals surface area contributed by atoms with Gasteiger partial charge in [0.1, 0.15) is 6.61 Å². The van der Waals surface area contributed by atoms with Gasteiger partial charge in [0.15, 0.2) is 6.10 Å². The van der Waals surface area contributed by atoms with Gasteiger partial charge in [-0.25, -0.2) is 0 Å². The third-order valence-electron chi connectivity index (χ3n) is 12.8. The maximum absolute atomic E-state index is 12.3. The van der Waals surface area contributed by atoms with Crippen LogP contribution in [0, 0.1) is 0 Å². The van der Waals surface area contributed by atoms with E-state index in [0.717, 1.165) is 32.1 Å². The van der Waals surface area contributed by atoms with Gasteiger partial charge in [-0.05, 0) is 38.5 Å². The highest BCUT2D eigenvalue weighted by Crippen LogP contribution is 2.17. The van der Waals surface area contributed by atoms with Crippen LogP contribution in [0.5, 0.6) is 0 Å². The Hall–Kier alpha value is -1.36. The van der Waals surface area contributed by atoms with Gasteiger partial charge in [-0.2, -0.15) is 0 Å². The Kier molecular flexibility index (Phi) is 51.8. The zero-order valence-electron chi connectivity index (χ0n) is 41.5. The van der Waals surface area contributed by atoms with Crippen molar-refractivity contribution >= 4 is 11.9 Å². The van der Waals surface area contributed by atoms with Crippen molar-refractivity contribution in [3.05, 3.63) is 12.2 Å². The molecule has 0 saturated carbocycles. The van der Waals surface area contributed by atoms with Crippen molar-refractivity contribution in [3.8, 4) is 0 Å². The first-order chi connectivity index (χ1) is 30.1. The Labute approximate surface area is 381 Å². The average Bonchev–Trinajstić information content (AvgIpc) is 3.26. The molecule has 0 heterocycles. The molecule has 61 heavy (non-hydrogen) atoms. The summed E-state index contributed by atoms with van der Waals surface area (Å²) in [6.07, 6.45) is 64.8. The first kappa shape index (κ1) is 59.6. The predicted octanol–water partition coefficient (Wildman–Crippen LogP) is 18.4. The molecule has 0 aliphatic carbocycles. The van der Waals surface area contributed by atoms with E-state index in [1.807, 2.05) is 0 Å². The summed E-state index contributed by atoms with van der Waals surface area (Å²) in [5.74, 6) is -0.568. The van der Waals surface area contributed by atoms with Crippen molar-refractivity contribution in [2.75, 3.05) is 13.2 Å². The molecule has 1 atom stereocenters. The molecule has 0 aliphatic rings. The number of hydrogen-bond donors (Lipinski definition) is 1. The molecule has 0 aromatic heterocycles. The molecule has 0 amide bonds. The van der Waals surface area contributed by atoms with Gasteiger partial charge in [0.25, 0.3) is 0 Å². The SMILES string of the molecule is CCCCCCCCCC/C=C\CCCCCCCCCCCCCCCCCCCCCC(=O)OC(CO)COC(=O)CCCCCCCCCCCCCCCCCC. The summed E-state index contributed by atoms with van der Waals surface area (Å²) in [7, 11) is 0. The number of unbranched alkanes of at least 4 members (excludes halogenated alkanes) is 42. The lowest BCUT2D eigenvalue weighted by Gasteiger charge is -2.15. The van der Waals surface area contributed by atoms with Crippen molar-refractivity contribution in [1.82, 2.24) is 0 Å². The molecule has 0 aromatic carbocycles. The number of carbonyl (C=O) groups is 2. The molecule has 0 fully saturated rings. The van der Waals surface area contributed by atoms with Crippen LogP contribution in [0.15, 0.2) is 12.2 Å². The summed E-state index contributed by atoms with van der Waals surface area (Å²) in [6, 6.07) is 0. The van der Waals surface area contributed by atoms with Crippen LogP contribution >= 0.6 is 0 Å². The van der Waals surface area contributed by atoms with Crippen LogP contribution in [0.25, 0.3) is 0 Å². The first-order valence-corrected chi connectivity index (χ1v) is 27.7.